The molecule has 0 unspecified atom stereocenters. The molecule has 0 aliphatic rings. The SMILES string of the molecule is CCOC(=O)c1nn(-c2ccc(Cl)c(Cl)c2)c(-n2cccc2)c1C. The van der Waals surface area contributed by atoms with Crippen molar-refractivity contribution in [3.63, 3.8) is 0 Å². The molecule has 0 bridgehead atoms. The zero-order valence-electron chi connectivity index (χ0n) is 13.2. The number of rotatable bonds is 4. The van der Waals surface area contributed by atoms with E-state index in [1.54, 1.807) is 29.8 Å². The molecule has 0 spiro atoms. The predicted molar refractivity (Wildman–Crippen MR) is 93.6 cm³/mol. The van der Waals surface area contributed by atoms with Gasteiger partial charge in [-0.25, -0.2) is 9.48 Å². The first-order valence-corrected chi connectivity index (χ1v) is 8.14. The van der Waals surface area contributed by atoms with Crippen molar-refractivity contribution in [1.82, 2.24) is 14.3 Å². The molecule has 3 rings (SSSR count). The third kappa shape index (κ3) is 2.92. The maximum atomic E-state index is 12.2. The van der Waals surface area contributed by atoms with Crippen LogP contribution in [0.3, 0.4) is 0 Å². The highest BCUT2D eigenvalue weighted by Crippen LogP contribution is 2.28. The van der Waals surface area contributed by atoms with Crippen LogP contribution in [-0.2, 0) is 4.74 Å². The van der Waals surface area contributed by atoms with Gasteiger partial charge in [0.2, 0.25) is 0 Å². The van der Waals surface area contributed by atoms with Gasteiger partial charge in [-0.05, 0) is 44.2 Å². The van der Waals surface area contributed by atoms with Gasteiger partial charge in [-0.2, -0.15) is 5.10 Å². The highest BCUT2D eigenvalue weighted by molar-refractivity contribution is 6.42. The van der Waals surface area contributed by atoms with Crippen LogP contribution < -0.4 is 0 Å². The number of benzene rings is 1. The highest BCUT2D eigenvalue weighted by Gasteiger charge is 2.23. The molecule has 124 valence electrons. The topological polar surface area (TPSA) is 49.0 Å². The normalized spacial score (nSPS) is 10.8. The zero-order chi connectivity index (χ0) is 17.3. The van der Waals surface area contributed by atoms with Crippen LogP contribution in [0.1, 0.15) is 23.0 Å². The van der Waals surface area contributed by atoms with Gasteiger partial charge in [0.05, 0.1) is 22.3 Å². The average Bonchev–Trinajstić information content (AvgIpc) is 3.17. The third-order valence-corrected chi connectivity index (χ3v) is 4.30. The number of halogens is 2. The van der Waals surface area contributed by atoms with Crippen LogP contribution in [0.15, 0.2) is 42.7 Å². The average molecular weight is 364 g/mol. The summed E-state index contributed by atoms with van der Waals surface area (Å²) in [6, 6.07) is 8.99. The van der Waals surface area contributed by atoms with E-state index >= 15 is 0 Å². The number of aromatic nitrogens is 3. The maximum Gasteiger partial charge on any atom is 0.359 e. The van der Waals surface area contributed by atoms with E-state index in [0.29, 0.717) is 15.7 Å². The van der Waals surface area contributed by atoms with Crippen LogP contribution in [0.25, 0.3) is 11.5 Å². The van der Waals surface area contributed by atoms with Gasteiger partial charge in [0.1, 0.15) is 5.82 Å². The zero-order valence-corrected chi connectivity index (χ0v) is 14.7. The molecule has 2 heterocycles. The Morgan fingerprint density at radius 2 is 1.92 bits per heavy atom. The fraction of sp³-hybridized carbons (Fsp3) is 0.176. The van der Waals surface area contributed by atoms with E-state index in [-0.39, 0.29) is 12.3 Å². The van der Waals surface area contributed by atoms with E-state index < -0.39 is 5.97 Å². The van der Waals surface area contributed by atoms with Crippen molar-refractivity contribution in [2.24, 2.45) is 0 Å². The molecule has 2 aromatic heterocycles. The van der Waals surface area contributed by atoms with Gasteiger partial charge in [0.15, 0.2) is 5.69 Å². The fourth-order valence-corrected chi connectivity index (χ4v) is 2.75. The van der Waals surface area contributed by atoms with E-state index in [9.17, 15) is 4.79 Å². The number of hydrogen-bond donors (Lipinski definition) is 0. The smallest absolute Gasteiger partial charge is 0.359 e. The lowest BCUT2D eigenvalue weighted by Gasteiger charge is -2.10. The maximum absolute atomic E-state index is 12.2. The summed E-state index contributed by atoms with van der Waals surface area (Å²) in [6.45, 7) is 3.88. The second-order valence-electron chi connectivity index (χ2n) is 5.12. The molecular weight excluding hydrogens is 349 g/mol. The lowest BCUT2D eigenvalue weighted by molar-refractivity contribution is 0.0518. The van der Waals surface area contributed by atoms with Crippen LogP contribution in [0.4, 0.5) is 0 Å². The van der Waals surface area contributed by atoms with Crippen LogP contribution >= 0.6 is 23.2 Å². The van der Waals surface area contributed by atoms with Gasteiger partial charge >= 0.3 is 5.97 Å². The number of carbonyl (C=O) groups excluding carboxylic acids is 1. The third-order valence-electron chi connectivity index (χ3n) is 3.56. The van der Waals surface area contributed by atoms with E-state index in [1.807, 2.05) is 36.0 Å². The number of nitrogens with zero attached hydrogens (tertiary/aromatic N) is 3. The summed E-state index contributed by atoms with van der Waals surface area (Å²) in [5, 5.41) is 5.32. The fourth-order valence-electron chi connectivity index (χ4n) is 2.46. The van der Waals surface area contributed by atoms with Crippen molar-refractivity contribution in [2.75, 3.05) is 6.61 Å². The Hall–Kier alpha value is -2.24. The summed E-state index contributed by atoms with van der Waals surface area (Å²) in [6.07, 6.45) is 3.76. The molecule has 1 aromatic carbocycles. The molecule has 0 N–H and O–H groups in total. The van der Waals surface area contributed by atoms with Gasteiger partial charge in [-0.3, -0.25) is 0 Å². The van der Waals surface area contributed by atoms with Gasteiger partial charge in [0, 0.05) is 18.0 Å². The molecule has 0 amide bonds. The first-order chi connectivity index (χ1) is 11.5. The van der Waals surface area contributed by atoms with Gasteiger partial charge in [-0.1, -0.05) is 23.2 Å². The van der Waals surface area contributed by atoms with E-state index in [4.69, 9.17) is 27.9 Å². The Kier molecular flexibility index (Phi) is 4.64. The van der Waals surface area contributed by atoms with Crippen LogP contribution in [-0.4, -0.2) is 26.9 Å². The second-order valence-corrected chi connectivity index (χ2v) is 5.93. The summed E-state index contributed by atoms with van der Waals surface area (Å²) < 4.78 is 8.64. The molecule has 0 aliphatic heterocycles. The van der Waals surface area contributed by atoms with Crippen molar-refractivity contribution in [1.29, 1.82) is 0 Å². The Labute approximate surface area is 149 Å². The van der Waals surface area contributed by atoms with E-state index in [1.165, 1.54) is 0 Å². The van der Waals surface area contributed by atoms with Gasteiger partial charge in [-0.15, -0.1) is 0 Å². The van der Waals surface area contributed by atoms with Crippen molar-refractivity contribution >= 4 is 29.2 Å². The molecule has 24 heavy (non-hydrogen) atoms. The molecule has 0 radical (unpaired) electrons. The lowest BCUT2D eigenvalue weighted by atomic mass is 10.2. The predicted octanol–water partition coefficient (Wildman–Crippen LogP) is 4.45. The minimum atomic E-state index is -0.456. The quantitative estimate of drug-likeness (QED) is 0.643. The minimum Gasteiger partial charge on any atom is -0.461 e. The monoisotopic (exact) mass is 363 g/mol. The molecule has 3 aromatic rings. The van der Waals surface area contributed by atoms with Gasteiger partial charge < -0.3 is 9.30 Å². The van der Waals surface area contributed by atoms with Crippen LogP contribution in [0, 0.1) is 6.92 Å². The molecule has 0 aliphatic carbocycles. The number of carbonyl (C=O) groups is 1. The first-order valence-electron chi connectivity index (χ1n) is 7.38. The Bertz CT molecular complexity index is 886. The summed E-state index contributed by atoms with van der Waals surface area (Å²) in [4.78, 5) is 12.2. The Morgan fingerprint density at radius 1 is 1.21 bits per heavy atom. The Morgan fingerprint density at radius 3 is 2.54 bits per heavy atom. The summed E-state index contributed by atoms with van der Waals surface area (Å²) in [5.74, 6) is 0.281. The minimum absolute atomic E-state index is 0.270. The molecule has 0 saturated heterocycles. The van der Waals surface area contributed by atoms with Crippen LogP contribution in [0.2, 0.25) is 10.0 Å². The molecule has 5 nitrogen and oxygen atoms in total. The summed E-state index contributed by atoms with van der Waals surface area (Å²) >= 11 is 12.1. The van der Waals surface area contributed by atoms with Gasteiger partial charge in [0.25, 0.3) is 0 Å². The van der Waals surface area contributed by atoms with Crippen molar-refractivity contribution < 1.29 is 9.53 Å². The lowest BCUT2D eigenvalue weighted by Crippen LogP contribution is -2.07. The summed E-state index contributed by atoms with van der Waals surface area (Å²) in [5.41, 5.74) is 1.69. The van der Waals surface area contributed by atoms with Crippen molar-refractivity contribution in [3.05, 3.63) is 64.0 Å². The Balaban J connectivity index is 2.22. The van der Waals surface area contributed by atoms with Crippen molar-refractivity contribution in [3.8, 4) is 11.5 Å². The molecule has 0 atom stereocenters. The standard InChI is InChI=1S/C17H15Cl2N3O2/c1-3-24-17(23)15-11(2)16(21-8-4-5-9-21)22(20-15)12-6-7-13(18)14(19)10-12/h4-10H,3H2,1-2H3. The van der Waals surface area contributed by atoms with Crippen molar-refractivity contribution in [2.45, 2.75) is 13.8 Å². The highest BCUT2D eigenvalue weighted by atomic mass is 35.5. The number of hydrogen-bond acceptors (Lipinski definition) is 3. The second kappa shape index (κ2) is 6.71. The number of esters is 1. The van der Waals surface area contributed by atoms with E-state index in [0.717, 1.165) is 11.4 Å². The molecular formula is C17H15Cl2N3O2. The molecule has 7 heteroatoms. The summed E-state index contributed by atoms with van der Waals surface area (Å²) in [7, 11) is 0. The first kappa shape index (κ1) is 16.6. The molecule has 0 saturated carbocycles. The number of ether oxygens (including phenoxy) is 1. The van der Waals surface area contributed by atoms with E-state index in [2.05, 4.69) is 5.10 Å². The molecule has 0 fully saturated rings. The van der Waals surface area contributed by atoms with Crippen LogP contribution in [0.5, 0.6) is 0 Å². The largest absolute Gasteiger partial charge is 0.461 e.